The molecule has 5 rings (SSSR count). The van der Waals surface area contributed by atoms with E-state index in [2.05, 4.69) is 15.3 Å². The quantitative estimate of drug-likeness (QED) is 0.338. The number of hydrogen-bond acceptors (Lipinski definition) is 7. The van der Waals surface area contributed by atoms with Crippen LogP contribution in [0.15, 0.2) is 30.6 Å². The number of nitrogens with one attached hydrogen (secondary N) is 1. The molecule has 1 unspecified atom stereocenters. The fourth-order valence-electron chi connectivity index (χ4n) is 4.66. The standard InChI is InChI=1S/C25H25Cl2N7O2S/c1-3-19(35)33-8-4-5-15(12-33)23-31-20(21-22(28)29-11-18(27)34(21)23)16-7-6-14(9-17(16)26)24(36)32-25-30-10-13(2)37-25/h6-7,9-11,15H,3-5,8,12H2,1-2H3,(H2,28,29)(H,30,32,36). The number of amides is 2. The summed E-state index contributed by atoms with van der Waals surface area (Å²) in [7, 11) is 0. The number of fused-ring (bicyclic) bond motifs is 1. The highest BCUT2D eigenvalue weighted by atomic mass is 35.5. The number of nitrogen functional groups attached to an aromatic ring is 1. The lowest BCUT2D eigenvalue weighted by Crippen LogP contribution is -2.39. The number of thiazole rings is 1. The largest absolute Gasteiger partial charge is 0.382 e. The topological polar surface area (TPSA) is 119 Å². The van der Waals surface area contributed by atoms with Crippen molar-refractivity contribution in [2.24, 2.45) is 0 Å². The van der Waals surface area contributed by atoms with E-state index in [1.807, 2.05) is 18.7 Å². The highest BCUT2D eigenvalue weighted by Gasteiger charge is 2.30. The lowest BCUT2D eigenvalue weighted by Gasteiger charge is -2.32. The van der Waals surface area contributed by atoms with Gasteiger partial charge in [-0.2, -0.15) is 0 Å². The first-order valence-electron chi connectivity index (χ1n) is 11.9. The van der Waals surface area contributed by atoms with E-state index in [-0.39, 0.29) is 23.6 Å². The molecular weight excluding hydrogens is 533 g/mol. The number of anilines is 2. The number of carbonyl (C=O) groups excluding carboxylic acids is 2. The number of likely N-dealkylation sites (tertiary alicyclic amines) is 1. The minimum atomic E-state index is -0.315. The average Bonchev–Trinajstić information content (AvgIpc) is 3.50. The third kappa shape index (κ3) is 4.88. The maximum atomic E-state index is 12.8. The van der Waals surface area contributed by atoms with Crippen LogP contribution in [0.3, 0.4) is 0 Å². The van der Waals surface area contributed by atoms with Gasteiger partial charge >= 0.3 is 0 Å². The Morgan fingerprint density at radius 2 is 2.05 bits per heavy atom. The monoisotopic (exact) mass is 557 g/mol. The lowest BCUT2D eigenvalue weighted by molar-refractivity contribution is -0.132. The van der Waals surface area contributed by atoms with Crippen LogP contribution < -0.4 is 11.1 Å². The fourth-order valence-corrected chi connectivity index (χ4v) is 5.81. The second-order valence-electron chi connectivity index (χ2n) is 8.93. The zero-order chi connectivity index (χ0) is 26.3. The number of benzene rings is 1. The molecule has 0 radical (unpaired) electrons. The Morgan fingerprint density at radius 3 is 2.76 bits per heavy atom. The highest BCUT2D eigenvalue weighted by molar-refractivity contribution is 7.15. The van der Waals surface area contributed by atoms with Crippen molar-refractivity contribution in [3.8, 4) is 11.3 Å². The van der Waals surface area contributed by atoms with Gasteiger partial charge in [0.1, 0.15) is 28.0 Å². The number of carbonyl (C=O) groups is 2. The van der Waals surface area contributed by atoms with Crippen LogP contribution in [0.4, 0.5) is 10.9 Å². The number of rotatable bonds is 5. The molecule has 1 atom stereocenters. The van der Waals surface area contributed by atoms with Crippen molar-refractivity contribution in [3.63, 3.8) is 0 Å². The summed E-state index contributed by atoms with van der Waals surface area (Å²) in [6, 6.07) is 5.01. The molecule has 1 aliphatic heterocycles. The number of nitrogens with two attached hydrogens (primary N) is 1. The van der Waals surface area contributed by atoms with Crippen molar-refractivity contribution in [2.75, 3.05) is 24.1 Å². The van der Waals surface area contributed by atoms with Gasteiger partial charge in [-0.3, -0.25) is 19.3 Å². The Bertz CT molecular complexity index is 1520. The molecule has 0 aliphatic carbocycles. The Kier molecular flexibility index (Phi) is 7.06. The van der Waals surface area contributed by atoms with E-state index in [9.17, 15) is 9.59 Å². The molecule has 1 aliphatic rings. The van der Waals surface area contributed by atoms with Gasteiger partial charge in [0.25, 0.3) is 5.91 Å². The van der Waals surface area contributed by atoms with Crippen LogP contribution in [0.1, 0.15) is 53.2 Å². The van der Waals surface area contributed by atoms with Crippen LogP contribution in [0.5, 0.6) is 0 Å². The van der Waals surface area contributed by atoms with E-state index >= 15 is 0 Å². The van der Waals surface area contributed by atoms with Crippen LogP contribution in [0.25, 0.3) is 16.8 Å². The molecule has 192 valence electrons. The molecule has 1 aromatic carbocycles. The zero-order valence-corrected chi connectivity index (χ0v) is 22.6. The van der Waals surface area contributed by atoms with Crippen molar-refractivity contribution >= 4 is 62.8 Å². The smallest absolute Gasteiger partial charge is 0.257 e. The molecule has 1 saturated heterocycles. The molecule has 0 saturated carbocycles. The molecule has 0 spiro atoms. The predicted octanol–water partition coefficient (Wildman–Crippen LogP) is 5.42. The van der Waals surface area contributed by atoms with Gasteiger partial charge in [-0.05, 0) is 31.9 Å². The van der Waals surface area contributed by atoms with Gasteiger partial charge in [0.05, 0.1) is 11.2 Å². The van der Waals surface area contributed by atoms with Crippen molar-refractivity contribution in [3.05, 3.63) is 57.0 Å². The number of hydrogen-bond donors (Lipinski definition) is 2. The third-order valence-corrected chi connectivity index (χ3v) is 7.85. The SMILES string of the molecule is CCC(=O)N1CCCC(c2nc(-c3ccc(C(=O)Nc4ncc(C)s4)cc3Cl)c3c(N)ncc(Cl)n23)C1. The number of imidazole rings is 1. The molecule has 0 bridgehead atoms. The van der Waals surface area contributed by atoms with E-state index in [0.717, 1.165) is 24.3 Å². The minimum Gasteiger partial charge on any atom is -0.382 e. The summed E-state index contributed by atoms with van der Waals surface area (Å²) < 4.78 is 1.80. The molecular formula is C25H25Cl2N7O2S. The molecule has 37 heavy (non-hydrogen) atoms. The minimum absolute atomic E-state index is 0.0321. The van der Waals surface area contributed by atoms with Gasteiger partial charge in [0, 0.05) is 47.6 Å². The number of piperidine rings is 1. The fraction of sp³-hybridized carbons (Fsp3) is 0.320. The molecule has 1 fully saturated rings. The van der Waals surface area contributed by atoms with Crippen LogP contribution in [0.2, 0.25) is 10.2 Å². The Labute approximate surface area is 227 Å². The van der Waals surface area contributed by atoms with Crippen molar-refractivity contribution in [1.82, 2.24) is 24.3 Å². The predicted molar refractivity (Wildman–Crippen MR) is 147 cm³/mol. The second kappa shape index (κ2) is 10.3. The summed E-state index contributed by atoms with van der Waals surface area (Å²) in [6.07, 6.45) is 5.36. The zero-order valence-electron chi connectivity index (χ0n) is 20.3. The van der Waals surface area contributed by atoms with E-state index in [4.69, 9.17) is 33.9 Å². The molecule has 3 N–H and O–H groups in total. The number of halogens is 2. The van der Waals surface area contributed by atoms with Gasteiger partial charge in [-0.1, -0.05) is 36.2 Å². The highest BCUT2D eigenvalue weighted by Crippen LogP contribution is 2.38. The first-order valence-corrected chi connectivity index (χ1v) is 13.5. The third-order valence-electron chi connectivity index (χ3n) is 6.44. The van der Waals surface area contributed by atoms with E-state index in [1.165, 1.54) is 17.5 Å². The lowest BCUT2D eigenvalue weighted by atomic mass is 9.97. The molecule has 3 aromatic heterocycles. The summed E-state index contributed by atoms with van der Waals surface area (Å²) in [5, 5.41) is 4.00. The Hall–Kier alpha value is -3.21. The Balaban J connectivity index is 1.54. The van der Waals surface area contributed by atoms with Crippen molar-refractivity contribution in [1.29, 1.82) is 0 Å². The molecule has 2 amide bonds. The van der Waals surface area contributed by atoms with Crippen LogP contribution in [-0.2, 0) is 4.79 Å². The van der Waals surface area contributed by atoms with Gasteiger partial charge in [0.15, 0.2) is 5.13 Å². The van der Waals surface area contributed by atoms with Gasteiger partial charge in [0.2, 0.25) is 5.91 Å². The Morgan fingerprint density at radius 1 is 1.24 bits per heavy atom. The first-order chi connectivity index (χ1) is 17.8. The molecule has 12 heteroatoms. The van der Waals surface area contributed by atoms with E-state index in [0.29, 0.717) is 56.4 Å². The van der Waals surface area contributed by atoms with Gasteiger partial charge < -0.3 is 10.6 Å². The average molecular weight is 558 g/mol. The molecule has 4 heterocycles. The maximum absolute atomic E-state index is 12.8. The number of aromatic nitrogens is 4. The summed E-state index contributed by atoms with van der Waals surface area (Å²) >= 11 is 14.7. The van der Waals surface area contributed by atoms with Crippen LogP contribution in [0, 0.1) is 6.92 Å². The normalized spacial score (nSPS) is 15.8. The van der Waals surface area contributed by atoms with Crippen LogP contribution in [-0.4, -0.2) is 49.2 Å². The first kappa shape index (κ1) is 25.4. The van der Waals surface area contributed by atoms with E-state index < -0.39 is 0 Å². The summed E-state index contributed by atoms with van der Waals surface area (Å²) in [5.74, 6) is 0.728. The second-order valence-corrected chi connectivity index (χ2v) is 11.0. The number of aryl methyl sites for hydroxylation is 1. The summed E-state index contributed by atoms with van der Waals surface area (Å²) in [6.45, 7) is 5.06. The molecule has 9 nitrogen and oxygen atoms in total. The molecule has 4 aromatic rings. The summed E-state index contributed by atoms with van der Waals surface area (Å²) in [4.78, 5) is 41.4. The van der Waals surface area contributed by atoms with E-state index in [1.54, 1.807) is 28.8 Å². The van der Waals surface area contributed by atoms with Gasteiger partial charge in [-0.25, -0.2) is 15.0 Å². The maximum Gasteiger partial charge on any atom is 0.257 e. The number of nitrogens with zero attached hydrogens (tertiary/aromatic N) is 5. The van der Waals surface area contributed by atoms with Gasteiger partial charge in [-0.15, -0.1) is 11.3 Å². The van der Waals surface area contributed by atoms with Crippen molar-refractivity contribution in [2.45, 2.75) is 39.0 Å². The van der Waals surface area contributed by atoms with Crippen molar-refractivity contribution < 1.29 is 9.59 Å². The van der Waals surface area contributed by atoms with Crippen LogP contribution >= 0.6 is 34.5 Å². The summed E-state index contributed by atoms with van der Waals surface area (Å²) in [5.41, 5.74) is 8.36.